The van der Waals surface area contributed by atoms with E-state index >= 15 is 0 Å². The number of para-hydroxylation sites is 1. The predicted octanol–water partition coefficient (Wildman–Crippen LogP) is 2.51. The summed E-state index contributed by atoms with van der Waals surface area (Å²) >= 11 is 0. The van der Waals surface area contributed by atoms with Crippen LogP contribution < -0.4 is 16.3 Å². The highest BCUT2D eigenvalue weighted by Crippen LogP contribution is 2.43. The Labute approximate surface area is 124 Å². The zero-order chi connectivity index (χ0) is 15.2. The third-order valence-corrected chi connectivity index (χ3v) is 3.84. The van der Waals surface area contributed by atoms with Gasteiger partial charge < -0.3 is 16.3 Å². The summed E-state index contributed by atoms with van der Waals surface area (Å²) in [5.74, 6) is 8.19. The number of rotatable bonds is 3. The second kappa shape index (κ2) is 4.69. The summed E-state index contributed by atoms with van der Waals surface area (Å²) in [6, 6.07) is 6.11. The molecule has 5 nitrogen and oxygen atoms in total. The molecular formula is C16H22N4O. The lowest BCUT2D eigenvalue weighted by Gasteiger charge is -2.18. The number of aromatic nitrogens is 2. The van der Waals surface area contributed by atoms with Gasteiger partial charge in [-0.15, -0.1) is 0 Å². The van der Waals surface area contributed by atoms with Crippen molar-refractivity contribution < 1.29 is 4.74 Å². The van der Waals surface area contributed by atoms with Gasteiger partial charge in [0.2, 0.25) is 0 Å². The van der Waals surface area contributed by atoms with Gasteiger partial charge in [-0.1, -0.05) is 19.1 Å². The first kappa shape index (κ1) is 13.8. The van der Waals surface area contributed by atoms with Crippen molar-refractivity contribution in [3.05, 3.63) is 29.6 Å². The summed E-state index contributed by atoms with van der Waals surface area (Å²) in [5.41, 5.74) is 8.80. The minimum absolute atomic E-state index is 0.190. The minimum atomic E-state index is -0.190. The topological polar surface area (TPSA) is 79.1 Å². The molecule has 0 radical (unpaired) electrons. The van der Waals surface area contributed by atoms with Crippen LogP contribution in [0.3, 0.4) is 0 Å². The lowest BCUT2D eigenvalue weighted by Crippen LogP contribution is -2.24. The molecule has 2 heterocycles. The average Bonchev–Trinajstić information content (AvgIpc) is 2.88. The highest BCUT2D eigenvalue weighted by atomic mass is 16.5. The number of hydrogen-bond acceptors (Lipinski definition) is 4. The van der Waals surface area contributed by atoms with E-state index in [4.69, 9.17) is 16.3 Å². The third kappa shape index (κ3) is 2.22. The van der Waals surface area contributed by atoms with Crippen molar-refractivity contribution in [2.45, 2.75) is 45.6 Å². The minimum Gasteiger partial charge on any atom is -0.487 e. The molecule has 1 aliphatic rings. The number of anilines is 1. The number of hydrogen-bond donors (Lipinski definition) is 2. The second-order valence-electron chi connectivity index (χ2n) is 6.21. The normalized spacial score (nSPS) is 15.8. The fourth-order valence-electron chi connectivity index (χ4n) is 2.89. The fraction of sp³-hybridized carbons (Fsp3) is 0.438. The van der Waals surface area contributed by atoms with Gasteiger partial charge in [0.1, 0.15) is 22.9 Å². The molecule has 21 heavy (non-hydrogen) atoms. The lowest BCUT2D eigenvalue weighted by atomic mass is 10.00. The van der Waals surface area contributed by atoms with Gasteiger partial charge in [-0.3, -0.25) is 0 Å². The van der Waals surface area contributed by atoms with Gasteiger partial charge in [0.25, 0.3) is 0 Å². The number of nitrogen functional groups attached to an aromatic ring is 2. The van der Waals surface area contributed by atoms with Gasteiger partial charge in [0.15, 0.2) is 5.82 Å². The number of aryl methyl sites for hydroxylation is 1. The SMILES string of the molecule is CCCc1nc(-c2cccc3c2OC(C)(C)C3)c(N)n1N. The van der Waals surface area contributed by atoms with E-state index in [-0.39, 0.29) is 5.60 Å². The molecule has 0 unspecified atom stereocenters. The van der Waals surface area contributed by atoms with Crippen molar-refractivity contribution in [1.82, 2.24) is 9.66 Å². The van der Waals surface area contributed by atoms with Crippen LogP contribution in [-0.2, 0) is 12.8 Å². The molecule has 0 spiro atoms. The highest BCUT2D eigenvalue weighted by molar-refractivity contribution is 5.78. The number of benzene rings is 1. The maximum atomic E-state index is 6.15. The van der Waals surface area contributed by atoms with Crippen molar-refractivity contribution >= 4 is 5.82 Å². The van der Waals surface area contributed by atoms with Gasteiger partial charge in [0.05, 0.1) is 0 Å². The molecule has 0 amide bonds. The van der Waals surface area contributed by atoms with E-state index in [0.717, 1.165) is 42.1 Å². The zero-order valence-electron chi connectivity index (χ0n) is 12.8. The molecule has 5 heteroatoms. The fourth-order valence-corrected chi connectivity index (χ4v) is 2.89. The van der Waals surface area contributed by atoms with Gasteiger partial charge in [-0.25, -0.2) is 9.66 Å². The predicted molar refractivity (Wildman–Crippen MR) is 84.6 cm³/mol. The Morgan fingerprint density at radius 1 is 1.38 bits per heavy atom. The van der Waals surface area contributed by atoms with E-state index in [1.807, 2.05) is 12.1 Å². The maximum absolute atomic E-state index is 6.15. The van der Waals surface area contributed by atoms with Crippen LogP contribution in [0.15, 0.2) is 18.2 Å². The molecule has 0 bridgehead atoms. The number of fused-ring (bicyclic) bond motifs is 1. The van der Waals surface area contributed by atoms with Crippen molar-refractivity contribution in [2.24, 2.45) is 0 Å². The Morgan fingerprint density at radius 2 is 2.14 bits per heavy atom. The maximum Gasteiger partial charge on any atom is 0.150 e. The summed E-state index contributed by atoms with van der Waals surface area (Å²) in [4.78, 5) is 4.63. The first-order chi connectivity index (χ1) is 9.93. The van der Waals surface area contributed by atoms with Crippen molar-refractivity contribution in [3.8, 4) is 17.0 Å². The van der Waals surface area contributed by atoms with E-state index in [9.17, 15) is 0 Å². The van der Waals surface area contributed by atoms with Crippen LogP contribution in [0.25, 0.3) is 11.3 Å². The molecule has 0 fully saturated rings. The van der Waals surface area contributed by atoms with E-state index in [2.05, 4.69) is 31.8 Å². The standard InChI is InChI=1S/C16H22N4O/c1-4-6-12-19-13(15(17)20(12)18)11-8-5-7-10-9-16(2,3)21-14(10)11/h5,7-8H,4,6,9,17-18H2,1-3H3. The second-order valence-corrected chi connectivity index (χ2v) is 6.21. The number of nitrogens with two attached hydrogens (primary N) is 2. The molecule has 3 rings (SSSR count). The molecule has 0 atom stereocenters. The third-order valence-electron chi connectivity index (χ3n) is 3.84. The number of ether oxygens (including phenoxy) is 1. The molecule has 4 N–H and O–H groups in total. The molecule has 0 saturated carbocycles. The Balaban J connectivity index is 2.12. The lowest BCUT2D eigenvalue weighted by molar-refractivity contribution is 0.139. The number of imidazole rings is 1. The summed E-state index contributed by atoms with van der Waals surface area (Å²) < 4.78 is 7.58. The van der Waals surface area contributed by atoms with E-state index < -0.39 is 0 Å². The molecule has 0 saturated heterocycles. The van der Waals surface area contributed by atoms with Crippen LogP contribution in [0.4, 0.5) is 5.82 Å². The molecule has 2 aromatic rings. The van der Waals surface area contributed by atoms with Crippen LogP contribution in [-0.4, -0.2) is 15.3 Å². The van der Waals surface area contributed by atoms with Crippen LogP contribution in [0.2, 0.25) is 0 Å². The zero-order valence-corrected chi connectivity index (χ0v) is 12.8. The molecule has 1 aromatic carbocycles. The van der Waals surface area contributed by atoms with Gasteiger partial charge >= 0.3 is 0 Å². The Hall–Kier alpha value is -2.17. The molecule has 0 aliphatic carbocycles. The quantitative estimate of drug-likeness (QED) is 0.850. The summed E-state index contributed by atoms with van der Waals surface area (Å²) in [6.45, 7) is 6.27. The largest absolute Gasteiger partial charge is 0.487 e. The first-order valence-corrected chi connectivity index (χ1v) is 7.36. The van der Waals surface area contributed by atoms with Crippen LogP contribution in [0, 0.1) is 0 Å². The summed E-state index contributed by atoms with van der Waals surface area (Å²) in [6.07, 6.45) is 2.67. The first-order valence-electron chi connectivity index (χ1n) is 7.36. The van der Waals surface area contributed by atoms with Crippen LogP contribution in [0.1, 0.15) is 38.6 Å². The van der Waals surface area contributed by atoms with Crippen molar-refractivity contribution in [1.29, 1.82) is 0 Å². The van der Waals surface area contributed by atoms with Crippen LogP contribution in [0.5, 0.6) is 5.75 Å². The molecular weight excluding hydrogens is 264 g/mol. The smallest absolute Gasteiger partial charge is 0.150 e. The molecule has 112 valence electrons. The average molecular weight is 286 g/mol. The summed E-state index contributed by atoms with van der Waals surface area (Å²) in [5, 5.41) is 0. The Kier molecular flexibility index (Phi) is 3.08. The summed E-state index contributed by atoms with van der Waals surface area (Å²) in [7, 11) is 0. The molecule has 1 aromatic heterocycles. The van der Waals surface area contributed by atoms with Crippen LogP contribution >= 0.6 is 0 Å². The number of nitrogens with zero attached hydrogens (tertiary/aromatic N) is 2. The van der Waals surface area contributed by atoms with E-state index in [1.54, 1.807) is 0 Å². The molecule has 1 aliphatic heterocycles. The Bertz CT molecular complexity index is 688. The van der Waals surface area contributed by atoms with Gasteiger partial charge in [-0.05, 0) is 31.9 Å². The Morgan fingerprint density at radius 3 is 2.86 bits per heavy atom. The monoisotopic (exact) mass is 286 g/mol. The van der Waals surface area contributed by atoms with Gasteiger partial charge in [-0.2, -0.15) is 0 Å². The van der Waals surface area contributed by atoms with E-state index in [1.165, 1.54) is 10.2 Å². The highest BCUT2D eigenvalue weighted by Gasteiger charge is 2.33. The van der Waals surface area contributed by atoms with Crippen molar-refractivity contribution in [3.63, 3.8) is 0 Å². The van der Waals surface area contributed by atoms with Gasteiger partial charge in [0, 0.05) is 18.4 Å². The van der Waals surface area contributed by atoms with Crippen molar-refractivity contribution in [2.75, 3.05) is 11.6 Å². The van der Waals surface area contributed by atoms with E-state index in [0.29, 0.717) is 5.82 Å².